The summed E-state index contributed by atoms with van der Waals surface area (Å²) < 4.78 is 0. The molecule has 1 saturated heterocycles. The van der Waals surface area contributed by atoms with E-state index in [0.717, 1.165) is 23.6 Å². The molecule has 1 aromatic heterocycles. The molecule has 2 heterocycles. The lowest BCUT2D eigenvalue weighted by Gasteiger charge is -2.41. The Morgan fingerprint density at radius 3 is 2.57 bits per heavy atom. The molecule has 118 valence electrons. The van der Waals surface area contributed by atoms with Gasteiger partial charge in [0.25, 0.3) is 0 Å². The van der Waals surface area contributed by atoms with Gasteiger partial charge in [0.05, 0.1) is 0 Å². The minimum atomic E-state index is 0.476. The van der Waals surface area contributed by atoms with Crippen molar-refractivity contribution in [2.24, 2.45) is 5.92 Å². The summed E-state index contributed by atoms with van der Waals surface area (Å²) in [5.74, 6) is 0.741. The minimum Gasteiger partial charge on any atom is -0.374 e. The van der Waals surface area contributed by atoms with Gasteiger partial charge in [0.2, 0.25) is 10.3 Å². The first-order valence-corrected chi connectivity index (χ1v) is 9.12. The van der Waals surface area contributed by atoms with E-state index in [4.69, 9.17) is 5.73 Å². The van der Waals surface area contributed by atoms with Crippen LogP contribution in [0.15, 0.2) is 0 Å². The number of piperidine rings is 1. The maximum atomic E-state index is 5.67. The van der Waals surface area contributed by atoms with E-state index in [2.05, 4.69) is 27.3 Å². The maximum Gasteiger partial charge on any atom is 0.207 e. The zero-order valence-electron chi connectivity index (χ0n) is 12.9. The highest BCUT2D eigenvalue weighted by molar-refractivity contribution is 7.18. The fraction of sp³-hybridized carbons (Fsp3) is 0.867. The summed E-state index contributed by atoms with van der Waals surface area (Å²) in [5.41, 5.74) is 5.67. The summed E-state index contributed by atoms with van der Waals surface area (Å²) >= 11 is 1.45. The molecule has 0 radical (unpaired) electrons. The van der Waals surface area contributed by atoms with E-state index < -0.39 is 0 Å². The molecule has 1 aliphatic heterocycles. The van der Waals surface area contributed by atoms with Crippen LogP contribution < -0.4 is 11.1 Å². The summed E-state index contributed by atoms with van der Waals surface area (Å²) in [5, 5.41) is 12.9. The van der Waals surface area contributed by atoms with Gasteiger partial charge in [0, 0.05) is 25.2 Å². The Morgan fingerprint density at radius 1 is 1.14 bits per heavy atom. The summed E-state index contributed by atoms with van der Waals surface area (Å²) in [6.45, 7) is 4.75. The van der Waals surface area contributed by atoms with Crippen molar-refractivity contribution in [3.8, 4) is 0 Å². The highest BCUT2D eigenvalue weighted by atomic mass is 32.1. The number of nitrogens with two attached hydrogens (primary N) is 1. The predicted molar refractivity (Wildman–Crippen MR) is 88.6 cm³/mol. The van der Waals surface area contributed by atoms with E-state index in [-0.39, 0.29) is 0 Å². The molecule has 0 bridgehead atoms. The van der Waals surface area contributed by atoms with Crippen molar-refractivity contribution >= 4 is 21.6 Å². The number of likely N-dealkylation sites (tertiary alicyclic amines) is 1. The van der Waals surface area contributed by atoms with Crippen LogP contribution in [0.25, 0.3) is 0 Å². The molecule has 2 aliphatic rings. The summed E-state index contributed by atoms with van der Waals surface area (Å²) in [4.78, 5) is 2.72. The normalized spacial score (nSPS) is 29.2. The average Bonchev–Trinajstić information content (AvgIpc) is 2.71. The molecule has 5 nitrogen and oxygen atoms in total. The molecule has 2 atom stereocenters. The number of hydrogen-bond donors (Lipinski definition) is 2. The molecule has 2 unspecified atom stereocenters. The monoisotopic (exact) mass is 309 g/mol. The molecule has 1 saturated carbocycles. The lowest BCUT2D eigenvalue weighted by Crippen LogP contribution is -2.49. The highest BCUT2D eigenvalue weighted by Gasteiger charge is 2.30. The van der Waals surface area contributed by atoms with Gasteiger partial charge in [-0.25, -0.2) is 0 Å². The maximum absolute atomic E-state index is 5.67. The standard InChI is InChI=1S/C15H27N5S/c1-11-8-12(17-15-19-18-14(16)21-15)10-20(9-11)13-6-4-2-3-5-7-13/h11-13H,2-10H2,1H3,(H2,16,18)(H,17,19). The van der Waals surface area contributed by atoms with E-state index in [9.17, 15) is 0 Å². The SMILES string of the molecule is CC1CC(Nc2nnc(N)s2)CN(C2CCCCCC2)C1. The van der Waals surface area contributed by atoms with Gasteiger partial charge in [0.1, 0.15) is 0 Å². The topological polar surface area (TPSA) is 67.1 Å². The van der Waals surface area contributed by atoms with Crippen molar-refractivity contribution in [3.05, 3.63) is 0 Å². The summed E-state index contributed by atoms with van der Waals surface area (Å²) in [6, 6.07) is 1.27. The zero-order chi connectivity index (χ0) is 14.7. The average molecular weight is 309 g/mol. The Bertz CT molecular complexity index is 441. The molecule has 1 aromatic rings. The molecule has 0 spiro atoms. The second-order valence-electron chi connectivity index (χ2n) is 6.73. The van der Waals surface area contributed by atoms with E-state index in [1.54, 1.807) is 0 Å². The minimum absolute atomic E-state index is 0.476. The first-order valence-electron chi connectivity index (χ1n) is 8.30. The molecule has 3 N–H and O–H groups in total. The van der Waals surface area contributed by atoms with E-state index in [1.807, 2.05) is 0 Å². The fourth-order valence-corrected chi connectivity index (χ4v) is 4.47. The van der Waals surface area contributed by atoms with Crippen LogP contribution in [0.4, 0.5) is 10.3 Å². The molecule has 0 aromatic carbocycles. The van der Waals surface area contributed by atoms with Crippen molar-refractivity contribution in [1.82, 2.24) is 15.1 Å². The van der Waals surface area contributed by atoms with Crippen LogP contribution in [0.3, 0.4) is 0 Å². The van der Waals surface area contributed by atoms with Crippen molar-refractivity contribution < 1.29 is 0 Å². The van der Waals surface area contributed by atoms with Crippen LogP contribution in [-0.2, 0) is 0 Å². The lowest BCUT2D eigenvalue weighted by molar-refractivity contribution is 0.110. The van der Waals surface area contributed by atoms with Gasteiger partial charge in [-0.2, -0.15) is 0 Å². The number of nitrogen functional groups attached to an aromatic ring is 1. The second-order valence-corrected chi connectivity index (χ2v) is 7.74. The Morgan fingerprint density at radius 2 is 1.90 bits per heavy atom. The number of rotatable bonds is 3. The van der Waals surface area contributed by atoms with Crippen LogP contribution in [0.5, 0.6) is 0 Å². The van der Waals surface area contributed by atoms with Crippen molar-refractivity contribution in [1.29, 1.82) is 0 Å². The molecule has 0 amide bonds. The number of nitrogens with zero attached hydrogens (tertiary/aromatic N) is 3. The van der Waals surface area contributed by atoms with Gasteiger partial charge in [-0.05, 0) is 25.2 Å². The highest BCUT2D eigenvalue weighted by Crippen LogP contribution is 2.28. The third-order valence-electron chi connectivity index (χ3n) is 4.80. The van der Waals surface area contributed by atoms with E-state index in [1.165, 1.54) is 62.8 Å². The first kappa shape index (κ1) is 15.0. The van der Waals surface area contributed by atoms with Crippen LogP contribution in [0.1, 0.15) is 51.9 Å². The molecule has 21 heavy (non-hydrogen) atoms. The summed E-state index contributed by atoms with van der Waals surface area (Å²) in [7, 11) is 0. The van der Waals surface area contributed by atoms with Crippen LogP contribution >= 0.6 is 11.3 Å². The van der Waals surface area contributed by atoms with Crippen molar-refractivity contribution in [2.45, 2.75) is 64.0 Å². The molecule has 6 heteroatoms. The van der Waals surface area contributed by atoms with Crippen LogP contribution in [0, 0.1) is 5.92 Å². The molecule has 2 fully saturated rings. The third kappa shape index (κ3) is 4.07. The van der Waals surface area contributed by atoms with Gasteiger partial charge >= 0.3 is 0 Å². The molecular weight excluding hydrogens is 282 g/mol. The molecule has 3 rings (SSSR count). The quantitative estimate of drug-likeness (QED) is 0.840. The fourth-order valence-electron chi connectivity index (χ4n) is 3.89. The number of nitrogens with one attached hydrogen (secondary N) is 1. The predicted octanol–water partition coefficient (Wildman–Crippen LogP) is 2.97. The Balaban J connectivity index is 1.60. The number of anilines is 2. The Kier molecular flexibility index (Phi) is 4.95. The molecule has 1 aliphatic carbocycles. The van der Waals surface area contributed by atoms with E-state index in [0.29, 0.717) is 11.2 Å². The first-order chi connectivity index (χ1) is 10.2. The van der Waals surface area contributed by atoms with Gasteiger partial charge < -0.3 is 11.1 Å². The largest absolute Gasteiger partial charge is 0.374 e. The number of hydrogen-bond acceptors (Lipinski definition) is 6. The van der Waals surface area contributed by atoms with Gasteiger partial charge in [-0.15, -0.1) is 10.2 Å². The van der Waals surface area contributed by atoms with Crippen LogP contribution in [0.2, 0.25) is 0 Å². The number of aromatic nitrogens is 2. The van der Waals surface area contributed by atoms with Crippen molar-refractivity contribution in [3.63, 3.8) is 0 Å². The van der Waals surface area contributed by atoms with Crippen LogP contribution in [-0.4, -0.2) is 40.3 Å². The van der Waals surface area contributed by atoms with Gasteiger partial charge in [-0.1, -0.05) is 43.9 Å². The van der Waals surface area contributed by atoms with Crippen molar-refractivity contribution in [2.75, 3.05) is 24.1 Å². The molecular formula is C15H27N5S. The second kappa shape index (κ2) is 6.92. The smallest absolute Gasteiger partial charge is 0.207 e. The Labute approximate surface area is 131 Å². The van der Waals surface area contributed by atoms with Gasteiger partial charge in [-0.3, -0.25) is 4.90 Å². The Hall–Kier alpha value is -0.880. The van der Waals surface area contributed by atoms with E-state index >= 15 is 0 Å². The summed E-state index contributed by atoms with van der Waals surface area (Å²) in [6.07, 6.45) is 9.62. The lowest BCUT2D eigenvalue weighted by atomic mass is 9.93. The third-order valence-corrected chi connectivity index (χ3v) is 5.48. The van der Waals surface area contributed by atoms with Gasteiger partial charge in [0.15, 0.2) is 0 Å². The zero-order valence-corrected chi connectivity index (χ0v) is 13.7.